The molecular weight excluding hydrogens is 322 g/mol. The van der Waals surface area contributed by atoms with Gasteiger partial charge in [0.1, 0.15) is 0 Å². The normalized spacial score (nSPS) is 12.0. The fourth-order valence-electron chi connectivity index (χ4n) is 2.33. The average molecular weight is 342 g/mol. The van der Waals surface area contributed by atoms with E-state index >= 15 is 0 Å². The number of H-pyrrole nitrogens is 1. The third-order valence-corrected chi connectivity index (χ3v) is 3.35. The van der Waals surface area contributed by atoms with Crippen molar-refractivity contribution in [3.8, 4) is 0 Å². The maximum atomic E-state index is 12.3. The minimum Gasteiger partial charge on any atom is -0.347 e. The third kappa shape index (κ3) is 4.40. The number of hydrogen-bond acceptors (Lipinski definition) is 5. The van der Waals surface area contributed by atoms with E-state index in [4.69, 9.17) is 5.73 Å². The van der Waals surface area contributed by atoms with Gasteiger partial charge in [-0.15, -0.1) is 12.4 Å². The zero-order valence-corrected chi connectivity index (χ0v) is 13.7. The van der Waals surface area contributed by atoms with Crippen molar-refractivity contribution < 1.29 is 9.72 Å². The van der Waals surface area contributed by atoms with E-state index in [1.165, 1.54) is 18.2 Å². The van der Waals surface area contributed by atoms with E-state index in [1.807, 2.05) is 13.8 Å². The minimum absolute atomic E-state index is 0. The first-order valence-electron chi connectivity index (χ1n) is 7.05. The Morgan fingerprint density at radius 3 is 2.74 bits per heavy atom. The van der Waals surface area contributed by atoms with Gasteiger partial charge in [0.05, 0.1) is 10.4 Å². The van der Waals surface area contributed by atoms with Crippen molar-refractivity contribution in [2.45, 2.75) is 26.3 Å². The molecular formula is C14H20ClN5O3. The average Bonchev–Trinajstić information content (AvgIpc) is 2.88. The van der Waals surface area contributed by atoms with Crippen LogP contribution in [0.5, 0.6) is 0 Å². The highest BCUT2D eigenvalue weighted by atomic mass is 35.5. The Labute approximate surface area is 139 Å². The number of halogens is 1. The first-order valence-corrected chi connectivity index (χ1v) is 7.05. The van der Waals surface area contributed by atoms with Crippen LogP contribution in [0.4, 0.5) is 5.69 Å². The van der Waals surface area contributed by atoms with Crippen molar-refractivity contribution in [3.05, 3.63) is 34.0 Å². The fourth-order valence-corrected chi connectivity index (χ4v) is 2.33. The molecule has 0 saturated heterocycles. The van der Waals surface area contributed by atoms with Crippen LogP contribution in [0, 0.1) is 16.0 Å². The second kappa shape index (κ2) is 7.89. The van der Waals surface area contributed by atoms with Crippen molar-refractivity contribution in [3.63, 3.8) is 0 Å². The number of nitrogens with two attached hydrogens (primary N) is 1. The highest BCUT2D eigenvalue weighted by Gasteiger charge is 2.20. The lowest BCUT2D eigenvalue weighted by Gasteiger charge is -2.18. The molecule has 1 unspecified atom stereocenters. The first-order chi connectivity index (χ1) is 10.4. The molecule has 23 heavy (non-hydrogen) atoms. The number of nitro groups is 1. The summed E-state index contributed by atoms with van der Waals surface area (Å²) in [5, 5.41) is 20.8. The van der Waals surface area contributed by atoms with Crippen molar-refractivity contribution in [1.82, 2.24) is 15.5 Å². The molecule has 0 aliphatic carbocycles. The minimum atomic E-state index is -0.504. The molecule has 126 valence electrons. The van der Waals surface area contributed by atoms with Gasteiger partial charge in [0.2, 0.25) is 0 Å². The number of benzene rings is 1. The van der Waals surface area contributed by atoms with Crippen molar-refractivity contribution in [2.75, 3.05) is 6.54 Å². The molecule has 0 saturated carbocycles. The number of fused-ring (bicyclic) bond motifs is 1. The van der Waals surface area contributed by atoms with Crippen LogP contribution in [-0.4, -0.2) is 33.6 Å². The van der Waals surface area contributed by atoms with E-state index in [0.717, 1.165) is 6.42 Å². The van der Waals surface area contributed by atoms with Crippen LogP contribution in [0.25, 0.3) is 10.9 Å². The van der Waals surface area contributed by atoms with Gasteiger partial charge >= 0.3 is 0 Å². The number of carbonyl (C=O) groups is 1. The lowest BCUT2D eigenvalue weighted by atomic mass is 10.0. The number of amides is 1. The molecule has 0 spiro atoms. The number of aromatic nitrogens is 2. The van der Waals surface area contributed by atoms with Crippen molar-refractivity contribution in [2.24, 2.45) is 11.7 Å². The molecule has 0 aliphatic rings. The van der Waals surface area contributed by atoms with Crippen LogP contribution in [-0.2, 0) is 0 Å². The van der Waals surface area contributed by atoms with Gasteiger partial charge < -0.3 is 11.1 Å². The summed E-state index contributed by atoms with van der Waals surface area (Å²) in [6, 6.07) is 4.08. The number of nitro benzene ring substituents is 1. The van der Waals surface area contributed by atoms with Crippen LogP contribution < -0.4 is 11.1 Å². The van der Waals surface area contributed by atoms with E-state index in [-0.39, 0.29) is 35.7 Å². The van der Waals surface area contributed by atoms with Crippen molar-refractivity contribution >= 4 is 34.9 Å². The maximum Gasteiger partial charge on any atom is 0.272 e. The molecule has 1 aromatic carbocycles. The largest absolute Gasteiger partial charge is 0.347 e. The first kappa shape index (κ1) is 18.9. The van der Waals surface area contributed by atoms with Gasteiger partial charge in [0.15, 0.2) is 5.69 Å². The Bertz CT molecular complexity index is 701. The number of non-ortho nitro benzene ring substituents is 1. The van der Waals surface area contributed by atoms with Gasteiger partial charge in [0, 0.05) is 30.1 Å². The molecule has 0 radical (unpaired) electrons. The quantitative estimate of drug-likeness (QED) is 0.547. The Hall–Kier alpha value is -2.19. The third-order valence-electron chi connectivity index (χ3n) is 3.35. The topological polar surface area (TPSA) is 127 Å². The standard InChI is InChI=1S/C14H19N5O3.ClH/c1-8(2)5-9(7-15)16-14(20)13-11-6-10(19(21)22)3-4-12(11)17-18-13;/h3-4,6,8-9H,5,7,15H2,1-2H3,(H,16,20)(H,17,18);1H. The molecule has 2 rings (SSSR count). The zero-order valence-electron chi connectivity index (χ0n) is 12.9. The van der Waals surface area contributed by atoms with E-state index in [0.29, 0.717) is 23.4 Å². The Kier molecular flexibility index (Phi) is 6.47. The lowest BCUT2D eigenvalue weighted by Crippen LogP contribution is -2.41. The molecule has 1 amide bonds. The van der Waals surface area contributed by atoms with Gasteiger partial charge in [-0.3, -0.25) is 20.0 Å². The summed E-state index contributed by atoms with van der Waals surface area (Å²) >= 11 is 0. The van der Waals surface area contributed by atoms with Crippen LogP contribution in [0.2, 0.25) is 0 Å². The number of hydrogen-bond donors (Lipinski definition) is 3. The van der Waals surface area contributed by atoms with Gasteiger partial charge in [0.25, 0.3) is 11.6 Å². The highest BCUT2D eigenvalue weighted by Crippen LogP contribution is 2.22. The van der Waals surface area contributed by atoms with Crippen molar-refractivity contribution in [1.29, 1.82) is 0 Å². The highest BCUT2D eigenvalue weighted by molar-refractivity contribution is 6.05. The summed E-state index contributed by atoms with van der Waals surface area (Å²) in [4.78, 5) is 22.7. The molecule has 0 bridgehead atoms. The number of nitrogens with zero attached hydrogens (tertiary/aromatic N) is 2. The number of rotatable bonds is 6. The molecule has 0 fully saturated rings. The SMILES string of the molecule is CC(C)CC(CN)NC(=O)c1n[nH]c2ccc([N+](=O)[O-])cc12.Cl. The summed E-state index contributed by atoms with van der Waals surface area (Å²) in [6.45, 7) is 4.41. The number of aromatic amines is 1. The predicted octanol–water partition coefficient (Wildman–Crippen LogP) is 2.00. The zero-order chi connectivity index (χ0) is 16.3. The summed E-state index contributed by atoms with van der Waals surface area (Å²) in [5.74, 6) is 0.00807. The van der Waals surface area contributed by atoms with Gasteiger partial charge in [-0.1, -0.05) is 13.8 Å². The molecule has 9 heteroatoms. The van der Waals surface area contributed by atoms with Crippen LogP contribution >= 0.6 is 12.4 Å². The van der Waals surface area contributed by atoms with E-state index in [1.54, 1.807) is 0 Å². The fraction of sp³-hybridized carbons (Fsp3) is 0.429. The van der Waals surface area contributed by atoms with Crippen LogP contribution in [0.1, 0.15) is 30.8 Å². The Balaban J connectivity index is 0.00000264. The van der Waals surface area contributed by atoms with E-state index in [2.05, 4.69) is 15.5 Å². The second-order valence-corrected chi connectivity index (χ2v) is 5.59. The predicted molar refractivity (Wildman–Crippen MR) is 89.8 cm³/mol. The lowest BCUT2D eigenvalue weighted by molar-refractivity contribution is -0.384. The molecule has 1 aromatic heterocycles. The van der Waals surface area contributed by atoms with Gasteiger partial charge in [-0.25, -0.2) is 0 Å². The summed E-state index contributed by atoms with van der Waals surface area (Å²) in [7, 11) is 0. The monoisotopic (exact) mass is 341 g/mol. The summed E-state index contributed by atoms with van der Waals surface area (Å²) in [6.07, 6.45) is 0.755. The number of carbonyl (C=O) groups excluding carboxylic acids is 1. The summed E-state index contributed by atoms with van der Waals surface area (Å²) < 4.78 is 0. The number of nitrogens with one attached hydrogen (secondary N) is 2. The maximum absolute atomic E-state index is 12.3. The van der Waals surface area contributed by atoms with Gasteiger partial charge in [-0.2, -0.15) is 5.10 Å². The van der Waals surface area contributed by atoms with E-state index < -0.39 is 4.92 Å². The summed E-state index contributed by atoms with van der Waals surface area (Å²) in [5.41, 5.74) is 6.30. The molecule has 4 N–H and O–H groups in total. The van der Waals surface area contributed by atoms with E-state index in [9.17, 15) is 14.9 Å². The van der Waals surface area contributed by atoms with Crippen LogP contribution in [0.3, 0.4) is 0 Å². The Morgan fingerprint density at radius 1 is 1.48 bits per heavy atom. The molecule has 0 aliphatic heterocycles. The van der Waals surface area contributed by atoms with Crippen LogP contribution in [0.15, 0.2) is 18.2 Å². The Morgan fingerprint density at radius 2 is 2.17 bits per heavy atom. The molecule has 1 heterocycles. The second-order valence-electron chi connectivity index (χ2n) is 5.59. The smallest absolute Gasteiger partial charge is 0.272 e. The molecule has 8 nitrogen and oxygen atoms in total. The molecule has 2 aromatic rings. The van der Waals surface area contributed by atoms with Gasteiger partial charge in [-0.05, 0) is 18.4 Å². The molecule has 1 atom stereocenters.